The van der Waals surface area contributed by atoms with Gasteiger partial charge >= 0.3 is 0 Å². The molecule has 0 aromatic heterocycles. The number of nitrogens with one attached hydrogen (secondary N) is 1. The average molecular weight is 186 g/mol. The van der Waals surface area contributed by atoms with Crippen molar-refractivity contribution in [3.63, 3.8) is 0 Å². The average Bonchev–Trinajstić information content (AvgIpc) is 2.19. The molecule has 4 N–H and O–H groups in total. The van der Waals surface area contributed by atoms with Crippen LogP contribution in [0.25, 0.3) is 0 Å². The maximum Gasteiger partial charge on any atom is 0.0594 e. The molecule has 0 aliphatic heterocycles. The summed E-state index contributed by atoms with van der Waals surface area (Å²) in [6.45, 7) is 1.90. The van der Waals surface area contributed by atoms with Gasteiger partial charge in [0.2, 0.25) is 0 Å². The van der Waals surface area contributed by atoms with Crippen molar-refractivity contribution < 1.29 is 5.11 Å². The van der Waals surface area contributed by atoms with E-state index in [1.165, 1.54) is 32.1 Å². The van der Waals surface area contributed by atoms with Gasteiger partial charge in [-0.15, -0.1) is 0 Å². The van der Waals surface area contributed by atoms with Gasteiger partial charge in [-0.1, -0.05) is 19.3 Å². The SMILES string of the molecule is NC(CO)CNCC1CCCCC1. The van der Waals surface area contributed by atoms with Crippen molar-refractivity contribution in [1.29, 1.82) is 0 Å². The van der Waals surface area contributed by atoms with E-state index in [2.05, 4.69) is 5.32 Å². The second-order valence-electron chi connectivity index (χ2n) is 4.10. The summed E-state index contributed by atoms with van der Waals surface area (Å²) < 4.78 is 0. The highest BCUT2D eigenvalue weighted by atomic mass is 16.3. The monoisotopic (exact) mass is 186 g/mol. The first kappa shape index (κ1) is 11.0. The van der Waals surface area contributed by atoms with E-state index in [1.54, 1.807) is 0 Å². The maximum absolute atomic E-state index is 8.71. The van der Waals surface area contributed by atoms with Gasteiger partial charge in [0.25, 0.3) is 0 Å². The van der Waals surface area contributed by atoms with E-state index in [4.69, 9.17) is 10.8 Å². The minimum absolute atomic E-state index is 0.0810. The van der Waals surface area contributed by atoms with Crippen LogP contribution in [0.4, 0.5) is 0 Å². The molecule has 0 spiro atoms. The molecule has 1 aliphatic carbocycles. The van der Waals surface area contributed by atoms with Gasteiger partial charge in [-0.3, -0.25) is 0 Å². The predicted molar refractivity (Wildman–Crippen MR) is 54.5 cm³/mol. The lowest BCUT2D eigenvalue weighted by Gasteiger charge is -2.22. The molecule has 78 valence electrons. The molecule has 0 aromatic rings. The number of aliphatic hydroxyl groups is 1. The Labute approximate surface area is 80.7 Å². The lowest BCUT2D eigenvalue weighted by atomic mass is 9.89. The zero-order chi connectivity index (χ0) is 9.52. The molecular weight excluding hydrogens is 164 g/mol. The Bertz CT molecular complexity index is 124. The van der Waals surface area contributed by atoms with E-state index in [9.17, 15) is 0 Å². The van der Waals surface area contributed by atoms with E-state index in [-0.39, 0.29) is 12.6 Å². The van der Waals surface area contributed by atoms with Crippen LogP contribution in [0.1, 0.15) is 32.1 Å². The molecule has 0 bridgehead atoms. The summed E-state index contributed by atoms with van der Waals surface area (Å²) in [5.74, 6) is 0.847. The number of hydrogen-bond donors (Lipinski definition) is 3. The van der Waals surface area contributed by atoms with Crippen molar-refractivity contribution in [2.75, 3.05) is 19.7 Å². The Balaban J connectivity index is 1.98. The van der Waals surface area contributed by atoms with Crippen LogP contribution in [0.2, 0.25) is 0 Å². The van der Waals surface area contributed by atoms with E-state index in [0.29, 0.717) is 0 Å². The Morgan fingerprint density at radius 1 is 1.31 bits per heavy atom. The smallest absolute Gasteiger partial charge is 0.0594 e. The molecule has 0 aromatic carbocycles. The number of hydrogen-bond acceptors (Lipinski definition) is 3. The van der Waals surface area contributed by atoms with Gasteiger partial charge in [0.15, 0.2) is 0 Å². The highest BCUT2D eigenvalue weighted by molar-refractivity contribution is 4.70. The summed E-state index contributed by atoms with van der Waals surface area (Å²) >= 11 is 0. The normalized spacial score (nSPS) is 21.7. The molecule has 0 radical (unpaired) electrons. The fourth-order valence-corrected chi connectivity index (χ4v) is 1.93. The molecule has 1 fully saturated rings. The maximum atomic E-state index is 8.71. The first-order valence-electron chi connectivity index (χ1n) is 5.40. The van der Waals surface area contributed by atoms with Crippen molar-refractivity contribution in [2.45, 2.75) is 38.1 Å². The molecule has 3 nitrogen and oxygen atoms in total. The van der Waals surface area contributed by atoms with Crippen LogP contribution in [-0.2, 0) is 0 Å². The van der Waals surface area contributed by atoms with Crippen LogP contribution in [-0.4, -0.2) is 30.8 Å². The minimum Gasteiger partial charge on any atom is -0.395 e. The highest BCUT2D eigenvalue weighted by Gasteiger charge is 2.12. The van der Waals surface area contributed by atoms with Crippen molar-refractivity contribution in [2.24, 2.45) is 11.7 Å². The summed E-state index contributed by atoms with van der Waals surface area (Å²) in [6, 6.07) is -0.0939. The van der Waals surface area contributed by atoms with Crippen LogP contribution in [0.15, 0.2) is 0 Å². The quantitative estimate of drug-likeness (QED) is 0.585. The predicted octanol–water partition coefficient (Wildman–Crippen LogP) is 0.476. The van der Waals surface area contributed by atoms with Gasteiger partial charge in [-0.2, -0.15) is 0 Å². The van der Waals surface area contributed by atoms with Gasteiger partial charge in [0, 0.05) is 12.6 Å². The van der Waals surface area contributed by atoms with Gasteiger partial charge < -0.3 is 16.2 Å². The Morgan fingerprint density at radius 2 is 2.00 bits per heavy atom. The van der Waals surface area contributed by atoms with E-state index < -0.39 is 0 Å². The third-order valence-electron chi connectivity index (χ3n) is 2.80. The molecule has 1 saturated carbocycles. The molecule has 0 amide bonds. The van der Waals surface area contributed by atoms with Crippen LogP contribution in [0.5, 0.6) is 0 Å². The molecule has 1 atom stereocenters. The first-order valence-corrected chi connectivity index (χ1v) is 5.40. The summed E-state index contributed by atoms with van der Waals surface area (Å²) in [5.41, 5.74) is 5.58. The van der Waals surface area contributed by atoms with Crippen LogP contribution < -0.4 is 11.1 Å². The molecular formula is C10H22N2O. The molecule has 1 unspecified atom stereocenters. The van der Waals surface area contributed by atoms with Crippen LogP contribution >= 0.6 is 0 Å². The van der Waals surface area contributed by atoms with Crippen molar-refractivity contribution in [3.05, 3.63) is 0 Å². The summed E-state index contributed by atoms with van der Waals surface area (Å²) in [6.07, 6.45) is 6.91. The van der Waals surface area contributed by atoms with Crippen molar-refractivity contribution in [3.8, 4) is 0 Å². The van der Waals surface area contributed by atoms with Crippen LogP contribution in [0.3, 0.4) is 0 Å². The van der Waals surface area contributed by atoms with E-state index in [0.717, 1.165) is 19.0 Å². The largest absolute Gasteiger partial charge is 0.395 e. The standard InChI is InChI=1S/C10H22N2O/c11-10(8-13)7-12-6-9-4-2-1-3-5-9/h9-10,12-13H,1-8,11H2. The molecule has 1 rings (SSSR count). The van der Waals surface area contributed by atoms with E-state index >= 15 is 0 Å². The molecule has 3 heteroatoms. The second-order valence-corrected chi connectivity index (χ2v) is 4.10. The minimum atomic E-state index is -0.0939. The van der Waals surface area contributed by atoms with E-state index in [1.807, 2.05) is 0 Å². The Morgan fingerprint density at radius 3 is 2.62 bits per heavy atom. The number of rotatable bonds is 5. The lowest BCUT2D eigenvalue weighted by Crippen LogP contribution is -2.38. The highest BCUT2D eigenvalue weighted by Crippen LogP contribution is 2.22. The van der Waals surface area contributed by atoms with Crippen LogP contribution in [0, 0.1) is 5.92 Å². The fraction of sp³-hybridized carbons (Fsp3) is 1.00. The van der Waals surface area contributed by atoms with Crippen molar-refractivity contribution >= 4 is 0 Å². The Hall–Kier alpha value is -0.120. The third kappa shape index (κ3) is 4.60. The summed E-state index contributed by atoms with van der Waals surface area (Å²) in [5, 5.41) is 12.0. The zero-order valence-electron chi connectivity index (χ0n) is 8.34. The van der Waals surface area contributed by atoms with Gasteiger partial charge in [-0.25, -0.2) is 0 Å². The molecule has 0 saturated heterocycles. The number of nitrogens with two attached hydrogens (primary N) is 1. The second kappa shape index (κ2) is 6.35. The number of aliphatic hydroxyl groups excluding tert-OH is 1. The lowest BCUT2D eigenvalue weighted by molar-refractivity contribution is 0.257. The fourth-order valence-electron chi connectivity index (χ4n) is 1.93. The summed E-state index contributed by atoms with van der Waals surface area (Å²) in [4.78, 5) is 0. The molecule has 1 aliphatic rings. The molecule has 13 heavy (non-hydrogen) atoms. The Kier molecular flexibility index (Phi) is 5.35. The zero-order valence-corrected chi connectivity index (χ0v) is 8.34. The topological polar surface area (TPSA) is 58.3 Å². The summed E-state index contributed by atoms with van der Waals surface area (Å²) in [7, 11) is 0. The third-order valence-corrected chi connectivity index (χ3v) is 2.80. The van der Waals surface area contributed by atoms with Gasteiger partial charge in [0.05, 0.1) is 6.61 Å². The van der Waals surface area contributed by atoms with Gasteiger partial charge in [-0.05, 0) is 25.3 Å². The molecule has 0 heterocycles. The van der Waals surface area contributed by atoms with Gasteiger partial charge in [0.1, 0.15) is 0 Å². The van der Waals surface area contributed by atoms with Crippen molar-refractivity contribution in [1.82, 2.24) is 5.32 Å². The first-order chi connectivity index (χ1) is 6.33.